The van der Waals surface area contributed by atoms with E-state index in [1.54, 1.807) is 5.57 Å². The molecule has 21 heavy (non-hydrogen) atoms. The molecular weight excluding hydrogens is 252 g/mol. The van der Waals surface area contributed by atoms with Crippen molar-refractivity contribution in [3.05, 3.63) is 59.2 Å². The van der Waals surface area contributed by atoms with Crippen LogP contribution >= 0.6 is 0 Å². The lowest BCUT2D eigenvalue weighted by atomic mass is 9.93. The average Bonchev–Trinajstić information content (AvgIpc) is 2.58. The molecule has 0 nitrogen and oxygen atoms in total. The van der Waals surface area contributed by atoms with E-state index in [1.165, 1.54) is 41.5 Å². The minimum absolute atomic E-state index is 0.717. The van der Waals surface area contributed by atoms with E-state index >= 15 is 0 Å². The van der Waals surface area contributed by atoms with Crippen molar-refractivity contribution in [3.63, 3.8) is 0 Å². The summed E-state index contributed by atoms with van der Waals surface area (Å²) >= 11 is 0. The van der Waals surface area contributed by atoms with E-state index in [1.807, 2.05) is 6.08 Å². The molecule has 1 aliphatic rings. The summed E-state index contributed by atoms with van der Waals surface area (Å²) in [4.78, 5) is 0. The Morgan fingerprint density at radius 2 is 2.14 bits per heavy atom. The summed E-state index contributed by atoms with van der Waals surface area (Å²) in [5.41, 5.74) is 6.99. The monoisotopic (exact) mass is 280 g/mol. The van der Waals surface area contributed by atoms with Crippen LogP contribution in [-0.4, -0.2) is 0 Å². The molecule has 2 rings (SSSR count). The van der Waals surface area contributed by atoms with Crippen molar-refractivity contribution in [3.8, 4) is 0 Å². The minimum Gasteiger partial charge on any atom is -0.0985 e. The third-order valence-electron chi connectivity index (χ3n) is 4.52. The molecule has 1 aliphatic carbocycles. The lowest BCUT2D eigenvalue weighted by Crippen LogP contribution is -1.93. The van der Waals surface area contributed by atoms with Crippen LogP contribution in [0.4, 0.5) is 0 Å². The first kappa shape index (κ1) is 15.8. The first-order valence-electron chi connectivity index (χ1n) is 8.26. The summed E-state index contributed by atoms with van der Waals surface area (Å²) in [7, 11) is 0. The molecule has 112 valence electrons. The van der Waals surface area contributed by atoms with Crippen molar-refractivity contribution in [1.29, 1.82) is 0 Å². The van der Waals surface area contributed by atoms with Gasteiger partial charge in [-0.05, 0) is 73.3 Å². The second kappa shape index (κ2) is 7.45. The highest BCUT2D eigenvalue weighted by Crippen LogP contribution is 2.30. The summed E-state index contributed by atoms with van der Waals surface area (Å²) < 4.78 is 0. The maximum Gasteiger partial charge on any atom is -0.00644 e. The topological polar surface area (TPSA) is 0 Å². The summed E-state index contributed by atoms with van der Waals surface area (Å²) in [6, 6.07) is 6.78. The molecule has 0 fully saturated rings. The fraction of sp³-hybridized carbons (Fsp3) is 0.429. The Kier molecular flexibility index (Phi) is 5.61. The molecule has 0 spiro atoms. The van der Waals surface area contributed by atoms with Gasteiger partial charge in [0, 0.05) is 0 Å². The van der Waals surface area contributed by atoms with Crippen LogP contribution < -0.4 is 0 Å². The Hall–Kier alpha value is -1.56. The summed E-state index contributed by atoms with van der Waals surface area (Å²) in [5, 5.41) is 0. The molecule has 1 aromatic rings. The van der Waals surface area contributed by atoms with Crippen molar-refractivity contribution in [2.24, 2.45) is 5.92 Å². The fourth-order valence-electron chi connectivity index (χ4n) is 3.10. The van der Waals surface area contributed by atoms with E-state index < -0.39 is 0 Å². The van der Waals surface area contributed by atoms with Crippen LogP contribution in [0.1, 0.15) is 62.6 Å². The highest BCUT2D eigenvalue weighted by molar-refractivity contribution is 5.70. The number of hydrogen-bond acceptors (Lipinski definition) is 0. The maximum absolute atomic E-state index is 3.94. The van der Waals surface area contributed by atoms with Gasteiger partial charge in [-0.1, -0.05) is 56.4 Å². The van der Waals surface area contributed by atoms with Crippen LogP contribution in [0, 0.1) is 12.8 Å². The van der Waals surface area contributed by atoms with Gasteiger partial charge in [-0.3, -0.25) is 0 Å². The highest BCUT2D eigenvalue weighted by atomic mass is 14.1. The van der Waals surface area contributed by atoms with Gasteiger partial charge in [0.2, 0.25) is 0 Å². The first-order chi connectivity index (χ1) is 10.1. The number of hydrogen-bond donors (Lipinski definition) is 0. The van der Waals surface area contributed by atoms with E-state index in [9.17, 15) is 0 Å². The maximum atomic E-state index is 3.94. The quantitative estimate of drug-likeness (QED) is 0.549. The molecule has 0 aromatic heterocycles. The fourth-order valence-corrected chi connectivity index (χ4v) is 3.10. The Balaban J connectivity index is 2.35. The Morgan fingerprint density at radius 3 is 2.86 bits per heavy atom. The van der Waals surface area contributed by atoms with Gasteiger partial charge in [-0.25, -0.2) is 0 Å². The van der Waals surface area contributed by atoms with Crippen LogP contribution in [0.3, 0.4) is 0 Å². The number of allylic oxidation sites excluding steroid dienone is 4. The van der Waals surface area contributed by atoms with Gasteiger partial charge in [0.25, 0.3) is 0 Å². The predicted molar refractivity (Wildman–Crippen MR) is 95.3 cm³/mol. The molecule has 1 unspecified atom stereocenters. The van der Waals surface area contributed by atoms with Crippen molar-refractivity contribution in [2.45, 2.75) is 52.9 Å². The van der Waals surface area contributed by atoms with Gasteiger partial charge in [0.05, 0.1) is 0 Å². The molecular formula is C21H28. The summed E-state index contributed by atoms with van der Waals surface area (Å²) in [6.45, 7) is 10.7. The zero-order valence-corrected chi connectivity index (χ0v) is 13.8. The van der Waals surface area contributed by atoms with E-state index in [0.29, 0.717) is 0 Å². The van der Waals surface area contributed by atoms with Gasteiger partial charge < -0.3 is 0 Å². The smallest absolute Gasteiger partial charge is 0.00644 e. The van der Waals surface area contributed by atoms with E-state index in [2.05, 4.69) is 57.7 Å². The van der Waals surface area contributed by atoms with Crippen molar-refractivity contribution >= 4 is 11.6 Å². The number of aryl methyl sites for hydroxylation is 1. The molecule has 0 heterocycles. The van der Waals surface area contributed by atoms with Gasteiger partial charge in [0.1, 0.15) is 0 Å². The Bertz CT molecular complexity index is 557. The molecule has 1 atom stereocenters. The zero-order valence-electron chi connectivity index (χ0n) is 13.8. The van der Waals surface area contributed by atoms with E-state index in [-0.39, 0.29) is 0 Å². The molecule has 0 radical (unpaired) electrons. The molecule has 0 saturated heterocycles. The van der Waals surface area contributed by atoms with Crippen molar-refractivity contribution in [1.82, 2.24) is 0 Å². The second-order valence-corrected chi connectivity index (χ2v) is 6.27. The van der Waals surface area contributed by atoms with Crippen LogP contribution in [0.2, 0.25) is 0 Å². The SMILES string of the molecule is C=Cc1cc(C2=CCCCC(C)C=C(CC)C2)ccc1C. The normalized spacial score (nSPS) is 19.9. The lowest BCUT2D eigenvalue weighted by molar-refractivity contribution is 0.609. The van der Waals surface area contributed by atoms with Crippen LogP contribution in [-0.2, 0) is 0 Å². The molecule has 0 N–H and O–H groups in total. The Morgan fingerprint density at radius 1 is 1.33 bits per heavy atom. The molecule has 0 heteroatoms. The van der Waals surface area contributed by atoms with E-state index in [0.717, 1.165) is 18.8 Å². The molecule has 1 aromatic carbocycles. The lowest BCUT2D eigenvalue weighted by Gasteiger charge is -2.13. The first-order valence-corrected chi connectivity index (χ1v) is 8.26. The largest absolute Gasteiger partial charge is 0.0985 e. The minimum atomic E-state index is 0.717. The third-order valence-corrected chi connectivity index (χ3v) is 4.52. The standard InChI is InChI=1S/C21H28/c1-5-18-13-16(3)9-7-8-10-20(14-18)21-12-11-17(4)19(6-2)15-21/h6,10-13,15-16H,2,5,7-9,14H2,1,3-4H3. The summed E-state index contributed by atoms with van der Waals surface area (Å²) in [6.07, 6.45) is 13.0. The molecule has 0 amide bonds. The van der Waals surface area contributed by atoms with Crippen LogP contribution in [0.15, 0.2) is 42.5 Å². The molecule has 0 bridgehead atoms. The van der Waals surface area contributed by atoms with Crippen LogP contribution in [0.5, 0.6) is 0 Å². The van der Waals surface area contributed by atoms with Crippen LogP contribution in [0.25, 0.3) is 11.6 Å². The highest BCUT2D eigenvalue weighted by Gasteiger charge is 2.10. The third kappa shape index (κ3) is 4.20. The Labute approximate surface area is 130 Å². The van der Waals surface area contributed by atoms with Gasteiger partial charge >= 0.3 is 0 Å². The van der Waals surface area contributed by atoms with Gasteiger partial charge in [0.15, 0.2) is 0 Å². The number of benzene rings is 1. The average molecular weight is 280 g/mol. The van der Waals surface area contributed by atoms with E-state index in [4.69, 9.17) is 0 Å². The predicted octanol–water partition coefficient (Wildman–Crippen LogP) is 6.57. The zero-order chi connectivity index (χ0) is 15.2. The van der Waals surface area contributed by atoms with Gasteiger partial charge in [-0.2, -0.15) is 0 Å². The van der Waals surface area contributed by atoms with Crippen molar-refractivity contribution in [2.75, 3.05) is 0 Å². The van der Waals surface area contributed by atoms with Crippen molar-refractivity contribution < 1.29 is 0 Å². The molecule has 0 aliphatic heterocycles. The summed E-state index contributed by atoms with van der Waals surface area (Å²) in [5.74, 6) is 0.717. The second-order valence-electron chi connectivity index (χ2n) is 6.27. The number of rotatable bonds is 3. The molecule has 0 saturated carbocycles. The van der Waals surface area contributed by atoms with Gasteiger partial charge in [-0.15, -0.1) is 0 Å².